The zero-order chi connectivity index (χ0) is 19.5. The van der Waals surface area contributed by atoms with Crippen molar-refractivity contribution in [1.29, 1.82) is 0 Å². The number of guanidine groups is 1. The minimum Gasteiger partial charge on any atom is -0.383 e. The molecule has 1 unspecified atom stereocenters. The maximum Gasteiger partial charge on any atom is 0.241 e. The SMILES string of the molecule is CCNC(=NCC(=O)NCCOC)NC1CCCN(c2cccc(F)c2)C1.I. The molecule has 1 amide bonds. The number of rotatable bonds is 8. The summed E-state index contributed by atoms with van der Waals surface area (Å²) in [7, 11) is 1.59. The van der Waals surface area contributed by atoms with Crippen LogP contribution in [0.4, 0.5) is 10.1 Å². The largest absolute Gasteiger partial charge is 0.383 e. The number of methoxy groups -OCH3 is 1. The Hall–Kier alpha value is -1.62. The van der Waals surface area contributed by atoms with Gasteiger partial charge in [0.15, 0.2) is 5.96 Å². The summed E-state index contributed by atoms with van der Waals surface area (Å²) in [5, 5.41) is 9.31. The molecule has 1 fully saturated rings. The van der Waals surface area contributed by atoms with Gasteiger partial charge in [-0.1, -0.05) is 6.07 Å². The molecule has 3 N–H and O–H groups in total. The average molecular weight is 507 g/mol. The minimum absolute atomic E-state index is 0. The van der Waals surface area contributed by atoms with Gasteiger partial charge in [0.2, 0.25) is 5.91 Å². The van der Waals surface area contributed by atoms with Crippen molar-refractivity contribution < 1.29 is 13.9 Å². The van der Waals surface area contributed by atoms with Crippen LogP contribution >= 0.6 is 24.0 Å². The van der Waals surface area contributed by atoms with Crippen molar-refractivity contribution >= 4 is 41.5 Å². The van der Waals surface area contributed by atoms with Gasteiger partial charge >= 0.3 is 0 Å². The highest BCUT2D eigenvalue weighted by Gasteiger charge is 2.21. The zero-order valence-corrected chi connectivity index (χ0v) is 18.9. The Kier molecular flexibility index (Phi) is 11.8. The molecule has 9 heteroatoms. The van der Waals surface area contributed by atoms with Crippen molar-refractivity contribution in [2.75, 3.05) is 51.3 Å². The maximum atomic E-state index is 13.5. The van der Waals surface area contributed by atoms with Crippen LogP contribution in [0.15, 0.2) is 29.3 Å². The minimum atomic E-state index is -0.225. The molecular formula is C19H31FIN5O2. The number of halogens is 2. The normalized spacial score (nSPS) is 16.9. The first-order chi connectivity index (χ1) is 13.1. The molecule has 158 valence electrons. The van der Waals surface area contributed by atoms with E-state index in [0.717, 1.165) is 31.6 Å². The van der Waals surface area contributed by atoms with Crippen LogP contribution in [0.25, 0.3) is 0 Å². The Bertz CT molecular complexity index is 632. The molecule has 0 bridgehead atoms. The van der Waals surface area contributed by atoms with Crippen molar-refractivity contribution in [3.05, 3.63) is 30.1 Å². The molecule has 1 aromatic carbocycles. The number of aliphatic imine (C=N–C) groups is 1. The third-order valence-electron chi connectivity index (χ3n) is 4.29. The molecule has 2 rings (SSSR count). The monoisotopic (exact) mass is 507 g/mol. The van der Waals surface area contributed by atoms with Crippen LogP contribution in [0.1, 0.15) is 19.8 Å². The van der Waals surface area contributed by atoms with Gasteiger partial charge in [0.1, 0.15) is 12.4 Å². The maximum absolute atomic E-state index is 13.5. The number of anilines is 1. The molecule has 1 aliphatic heterocycles. The summed E-state index contributed by atoms with van der Waals surface area (Å²) < 4.78 is 18.4. The smallest absolute Gasteiger partial charge is 0.241 e. The molecule has 1 atom stereocenters. The lowest BCUT2D eigenvalue weighted by molar-refractivity contribution is -0.119. The Morgan fingerprint density at radius 1 is 1.39 bits per heavy atom. The fraction of sp³-hybridized carbons (Fsp3) is 0.579. The first-order valence-corrected chi connectivity index (χ1v) is 9.43. The van der Waals surface area contributed by atoms with Crippen LogP contribution in [0, 0.1) is 5.82 Å². The Balaban J connectivity index is 0.00000392. The van der Waals surface area contributed by atoms with Crippen molar-refractivity contribution in [3.63, 3.8) is 0 Å². The third kappa shape index (κ3) is 8.59. The van der Waals surface area contributed by atoms with Gasteiger partial charge in [0.25, 0.3) is 0 Å². The molecular weight excluding hydrogens is 476 g/mol. The second kappa shape index (κ2) is 13.5. The Morgan fingerprint density at radius 3 is 2.93 bits per heavy atom. The van der Waals surface area contributed by atoms with Crippen LogP contribution in [0.3, 0.4) is 0 Å². The molecule has 0 radical (unpaired) electrons. The third-order valence-corrected chi connectivity index (χ3v) is 4.29. The highest BCUT2D eigenvalue weighted by Crippen LogP contribution is 2.20. The molecule has 1 aliphatic rings. The Labute approximate surface area is 183 Å². The second-order valence-electron chi connectivity index (χ2n) is 6.45. The lowest BCUT2D eigenvalue weighted by Gasteiger charge is -2.35. The van der Waals surface area contributed by atoms with Crippen LogP contribution in [0.5, 0.6) is 0 Å². The molecule has 7 nitrogen and oxygen atoms in total. The molecule has 1 saturated heterocycles. The fourth-order valence-corrected chi connectivity index (χ4v) is 3.01. The summed E-state index contributed by atoms with van der Waals surface area (Å²) >= 11 is 0. The van der Waals surface area contributed by atoms with E-state index in [1.165, 1.54) is 6.07 Å². The molecule has 1 aromatic rings. The summed E-state index contributed by atoms with van der Waals surface area (Å²) in [6.07, 6.45) is 2.00. The lowest BCUT2D eigenvalue weighted by Crippen LogP contribution is -2.51. The first-order valence-electron chi connectivity index (χ1n) is 9.43. The van der Waals surface area contributed by atoms with Gasteiger partial charge in [-0.25, -0.2) is 9.38 Å². The van der Waals surface area contributed by atoms with Crippen molar-refractivity contribution in [2.45, 2.75) is 25.8 Å². The van der Waals surface area contributed by atoms with E-state index in [4.69, 9.17) is 4.74 Å². The molecule has 0 aromatic heterocycles. The van der Waals surface area contributed by atoms with Gasteiger partial charge in [-0.05, 0) is 38.0 Å². The summed E-state index contributed by atoms with van der Waals surface area (Å²) in [5.74, 6) is 0.247. The number of nitrogens with zero attached hydrogens (tertiary/aromatic N) is 2. The number of amides is 1. The number of piperidine rings is 1. The molecule has 0 spiro atoms. The summed E-state index contributed by atoms with van der Waals surface area (Å²) in [4.78, 5) is 18.3. The van der Waals surface area contributed by atoms with Crippen LogP contribution in [-0.4, -0.2) is 64.3 Å². The summed E-state index contributed by atoms with van der Waals surface area (Å²) in [6, 6.07) is 6.85. The zero-order valence-electron chi connectivity index (χ0n) is 16.5. The van der Waals surface area contributed by atoms with E-state index in [-0.39, 0.29) is 48.3 Å². The van der Waals surface area contributed by atoms with E-state index in [2.05, 4.69) is 25.8 Å². The number of ether oxygens (including phenoxy) is 1. The number of benzene rings is 1. The Morgan fingerprint density at radius 2 is 2.21 bits per heavy atom. The molecule has 28 heavy (non-hydrogen) atoms. The lowest BCUT2D eigenvalue weighted by atomic mass is 10.0. The van der Waals surface area contributed by atoms with Gasteiger partial charge in [-0.15, -0.1) is 24.0 Å². The number of hydrogen-bond acceptors (Lipinski definition) is 4. The summed E-state index contributed by atoms with van der Waals surface area (Å²) in [5.41, 5.74) is 0.890. The standard InChI is InChI=1S/C19H30FN5O2.HI/c1-3-21-19(23-13-18(26)22-9-11-27-2)24-16-7-5-10-25(14-16)17-8-4-6-15(20)12-17;/h4,6,8,12,16H,3,5,7,9-11,13-14H2,1-2H3,(H,22,26)(H2,21,23,24);1H. The van der Waals surface area contributed by atoms with Crippen molar-refractivity contribution in [3.8, 4) is 0 Å². The highest BCUT2D eigenvalue weighted by molar-refractivity contribution is 14.0. The van der Waals surface area contributed by atoms with Crippen LogP contribution in [-0.2, 0) is 9.53 Å². The molecule has 0 aliphatic carbocycles. The van der Waals surface area contributed by atoms with Gasteiger partial charge in [-0.3, -0.25) is 4.79 Å². The van der Waals surface area contributed by atoms with Gasteiger partial charge < -0.3 is 25.6 Å². The van der Waals surface area contributed by atoms with Crippen molar-refractivity contribution in [1.82, 2.24) is 16.0 Å². The van der Waals surface area contributed by atoms with E-state index in [9.17, 15) is 9.18 Å². The second-order valence-corrected chi connectivity index (χ2v) is 6.45. The number of hydrogen-bond donors (Lipinski definition) is 3. The van der Waals surface area contributed by atoms with Gasteiger partial charge in [-0.2, -0.15) is 0 Å². The fourth-order valence-electron chi connectivity index (χ4n) is 3.01. The van der Waals surface area contributed by atoms with E-state index >= 15 is 0 Å². The van der Waals surface area contributed by atoms with Crippen LogP contribution < -0.4 is 20.9 Å². The molecule has 0 saturated carbocycles. The van der Waals surface area contributed by atoms with E-state index in [0.29, 0.717) is 25.7 Å². The predicted octanol–water partition coefficient (Wildman–Crippen LogP) is 1.73. The topological polar surface area (TPSA) is 78.0 Å². The first kappa shape index (κ1) is 24.4. The number of carbonyl (C=O) groups is 1. The van der Waals surface area contributed by atoms with Gasteiger partial charge in [0, 0.05) is 45.0 Å². The van der Waals surface area contributed by atoms with Crippen LogP contribution in [0.2, 0.25) is 0 Å². The quantitative estimate of drug-likeness (QED) is 0.216. The van der Waals surface area contributed by atoms with E-state index < -0.39 is 0 Å². The van der Waals surface area contributed by atoms with Gasteiger partial charge in [0.05, 0.1) is 6.61 Å². The van der Waals surface area contributed by atoms with E-state index in [1.54, 1.807) is 19.2 Å². The summed E-state index contributed by atoms with van der Waals surface area (Å²) in [6.45, 7) is 5.35. The number of nitrogens with one attached hydrogen (secondary N) is 3. The average Bonchev–Trinajstić information content (AvgIpc) is 2.67. The van der Waals surface area contributed by atoms with E-state index in [1.807, 2.05) is 13.0 Å². The predicted molar refractivity (Wildman–Crippen MR) is 121 cm³/mol. The number of carbonyl (C=O) groups excluding carboxylic acids is 1. The van der Waals surface area contributed by atoms with Crippen molar-refractivity contribution in [2.24, 2.45) is 4.99 Å². The highest BCUT2D eigenvalue weighted by atomic mass is 127. The molecule has 1 heterocycles.